The van der Waals surface area contributed by atoms with Crippen molar-refractivity contribution in [2.24, 2.45) is 27.6 Å². The highest BCUT2D eigenvalue weighted by atomic mass is 32.2. The lowest BCUT2D eigenvalue weighted by atomic mass is 9.80. The Morgan fingerprint density at radius 3 is 2.58 bits per heavy atom. The van der Waals surface area contributed by atoms with Gasteiger partial charge in [-0.2, -0.15) is 8.42 Å². The molecular weight excluding hydrogens is 528 g/mol. The van der Waals surface area contributed by atoms with Crippen LogP contribution >= 0.6 is 0 Å². The highest BCUT2D eigenvalue weighted by Crippen LogP contribution is 2.52. The van der Waals surface area contributed by atoms with Gasteiger partial charge in [0, 0.05) is 24.2 Å². The first-order valence-corrected chi connectivity index (χ1v) is 15.9. The lowest BCUT2D eigenvalue weighted by molar-refractivity contribution is -0.132. The van der Waals surface area contributed by atoms with Gasteiger partial charge in [-0.3, -0.25) is 9.52 Å². The smallest absolute Gasteiger partial charge is 0.286 e. The summed E-state index contributed by atoms with van der Waals surface area (Å²) in [5, 5.41) is 13.9. The standard InChI is InChI=1S/C26H32N4O6S2/c1-26(2,3)10-11-30-22-15-5-4-14(12-15)20(22)23(31)21(25(30)32)24-27-18-9-6-16(13-19(18)38(35,36)29-24)28-37(33,34)17-7-8-17/h4-6,9,13-15,17,20,22,28,31H,7-8,10-12H2,1-3H3,(H,27,29). The van der Waals surface area contributed by atoms with Crippen LogP contribution < -0.4 is 10.0 Å². The molecule has 1 aromatic carbocycles. The van der Waals surface area contributed by atoms with Crippen molar-refractivity contribution in [2.75, 3.05) is 16.6 Å². The third-order valence-corrected chi connectivity index (χ3v) is 11.3. The minimum Gasteiger partial charge on any atom is -0.511 e. The van der Waals surface area contributed by atoms with Crippen LogP contribution in [0.1, 0.15) is 46.5 Å². The quantitative estimate of drug-likeness (QED) is 0.452. The number of nitrogens with one attached hydrogen (secondary N) is 2. The number of anilines is 2. The van der Waals surface area contributed by atoms with Crippen molar-refractivity contribution >= 4 is 43.2 Å². The van der Waals surface area contributed by atoms with E-state index in [1.54, 1.807) is 4.90 Å². The molecule has 3 N–H and O–H groups in total. The molecule has 1 amide bonds. The molecule has 2 fully saturated rings. The maximum absolute atomic E-state index is 13.9. The second kappa shape index (κ2) is 8.32. The van der Waals surface area contributed by atoms with Gasteiger partial charge in [0.05, 0.1) is 10.9 Å². The number of fused-ring (bicyclic) bond motifs is 6. The van der Waals surface area contributed by atoms with Gasteiger partial charge >= 0.3 is 0 Å². The minimum atomic E-state index is -4.29. The number of nitrogens with zero attached hydrogens (tertiary/aromatic N) is 2. The summed E-state index contributed by atoms with van der Waals surface area (Å²) in [5.74, 6) is -0.862. The molecule has 38 heavy (non-hydrogen) atoms. The summed E-state index contributed by atoms with van der Waals surface area (Å²) in [5.41, 5.74) is 0.150. The molecule has 0 spiro atoms. The van der Waals surface area contributed by atoms with Crippen LogP contribution in [0.25, 0.3) is 0 Å². The highest BCUT2D eigenvalue weighted by molar-refractivity contribution is 7.93. The van der Waals surface area contributed by atoms with Crippen LogP contribution in [0.5, 0.6) is 0 Å². The summed E-state index contributed by atoms with van der Waals surface area (Å²) in [7, 11) is -7.87. The van der Waals surface area contributed by atoms with Crippen LogP contribution in [0.2, 0.25) is 0 Å². The van der Waals surface area contributed by atoms with Crippen molar-refractivity contribution in [3.8, 4) is 0 Å². The lowest BCUT2D eigenvalue weighted by Gasteiger charge is -2.43. The van der Waals surface area contributed by atoms with E-state index in [0.717, 1.165) is 12.8 Å². The number of hydrogen-bond acceptors (Lipinski definition) is 7. The van der Waals surface area contributed by atoms with Crippen LogP contribution in [0.15, 0.2) is 51.0 Å². The Balaban J connectivity index is 1.36. The molecule has 1 aromatic rings. The fourth-order valence-corrected chi connectivity index (χ4v) is 8.55. The van der Waals surface area contributed by atoms with Gasteiger partial charge in [-0.05, 0) is 61.1 Å². The second-order valence-electron chi connectivity index (χ2n) is 12.1. The molecule has 0 aromatic heterocycles. The molecule has 0 saturated heterocycles. The molecule has 2 bridgehead atoms. The molecule has 2 aliphatic heterocycles. The van der Waals surface area contributed by atoms with Crippen molar-refractivity contribution < 1.29 is 26.7 Å². The Morgan fingerprint density at radius 1 is 1.18 bits per heavy atom. The molecule has 5 aliphatic rings. The Morgan fingerprint density at radius 2 is 1.89 bits per heavy atom. The zero-order valence-electron chi connectivity index (χ0n) is 21.5. The molecule has 0 radical (unpaired) electrons. The van der Waals surface area contributed by atoms with Crippen LogP contribution in [0, 0.1) is 23.2 Å². The maximum Gasteiger partial charge on any atom is 0.286 e. The van der Waals surface area contributed by atoms with E-state index in [2.05, 4.69) is 47.4 Å². The Labute approximate surface area is 223 Å². The number of sulfonamides is 2. The predicted molar refractivity (Wildman–Crippen MR) is 144 cm³/mol. The van der Waals surface area contributed by atoms with Gasteiger partial charge < -0.3 is 15.3 Å². The summed E-state index contributed by atoms with van der Waals surface area (Å²) >= 11 is 0. The average molecular weight is 561 g/mol. The number of hydrogen-bond donors (Lipinski definition) is 3. The zero-order chi connectivity index (χ0) is 27.2. The summed E-state index contributed by atoms with van der Waals surface area (Å²) in [6.07, 6.45) is 6.93. The number of aliphatic hydroxyl groups excluding tert-OH is 1. The topological polar surface area (TPSA) is 145 Å². The van der Waals surface area contributed by atoms with Crippen molar-refractivity contribution in [2.45, 2.75) is 62.6 Å². The molecule has 6 rings (SSSR count). The van der Waals surface area contributed by atoms with Gasteiger partial charge in [0.25, 0.3) is 15.9 Å². The lowest BCUT2D eigenvalue weighted by Crippen LogP contribution is -2.54. The van der Waals surface area contributed by atoms with Crippen LogP contribution in [-0.2, 0) is 24.8 Å². The summed E-state index contributed by atoms with van der Waals surface area (Å²) < 4.78 is 57.5. The summed E-state index contributed by atoms with van der Waals surface area (Å²) in [6.45, 7) is 6.79. The van der Waals surface area contributed by atoms with Crippen LogP contribution in [0.3, 0.4) is 0 Å². The molecule has 4 unspecified atom stereocenters. The number of amides is 1. The first kappa shape index (κ1) is 25.4. The molecule has 2 saturated carbocycles. The van der Waals surface area contributed by atoms with E-state index in [1.165, 1.54) is 18.2 Å². The average Bonchev–Trinajstić information content (AvgIpc) is 3.49. The zero-order valence-corrected chi connectivity index (χ0v) is 23.1. The van der Waals surface area contributed by atoms with Gasteiger partial charge in [-0.1, -0.05) is 32.9 Å². The molecule has 3 aliphatic carbocycles. The van der Waals surface area contributed by atoms with Crippen LogP contribution in [-0.4, -0.2) is 56.4 Å². The predicted octanol–water partition coefficient (Wildman–Crippen LogP) is 3.38. The monoisotopic (exact) mass is 560 g/mol. The Hall–Kier alpha value is -2.86. The highest BCUT2D eigenvalue weighted by Gasteiger charge is 2.55. The van der Waals surface area contributed by atoms with Gasteiger partial charge in [-0.15, -0.1) is 4.40 Å². The number of amidine groups is 1. The Bertz CT molecular complexity index is 1530. The van der Waals surface area contributed by atoms with E-state index >= 15 is 0 Å². The molecular formula is C26H32N4O6S2. The molecule has 4 atom stereocenters. The minimum absolute atomic E-state index is 0.0196. The first-order valence-electron chi connectivity index (χ1n) is 13.0. The fraction of sp³-hybridized carbons (Fsp3) is 0.538. The Kier molecular flexibility index (Phi) is 5.56. The largest absolute Gasteiger partial charge is 0.511 e. The first-order chi connectivity index (χ1) is 17.7. The van der Waals surface area contributed by atoms with Crippen molar-refractivity contribution in [3.05, 3.63) is 41.7 Å². The van der Waals surface area contributed by atoms with Gasteiger partial charge in [0.1, 0.15) is 16.2 Å². The SMILES string of the molecule is CC(C)(C)CCN1C(=O)C(C2=NS(=O)(=O)c3cc(NS(=O)(=O)C4CC4)ccc3N2)=C(O)C2C3C=CC(C3)C21. The molecule has 10 nitrogen and oxygen atoms in total. The van der Waals surface area contributed by atoms with Gasteiger partial charge in [0.2, 0.25) is 10.0 Å². The van der Waals surface area contributed by atoms with E-state index < -0.39 is 31.2 Å². The number of benzene rings is 1. The molecule has 204 valence electrons. The third kappa shape index (κ3) is 4.21. The number of aliphatic hydroxyl groups is 1. The molecule has 2 heterocycles. The van der Waals surface area contributed by atoms with E-state index in [4.69, 9.17) is 0 Å². The maximum atomic E-state index is 13.9. The molecule has 12 heteroatoms. The van der Waals surface area contributed by atoms with Crippen molar-refractivity contribution in [1.82, 2.24) is 4.90 Å². The number of rotatable bonds is 6. The van der Waals surface area contributed by atoms with Gasteiger partial charge in [0.15, 0.2) is 5.84 Å². The number of carbonyl (C=O) groups is 1. The van der Waals surface area contributed by atoms with Gasteiger partial charge in [-0.25, -0.2) is 8.42 Å². The van der Waals surface area contributed by atoms with Crippen molar-refractivity contribution in [3.63, 3.8) is 0 Å². The number of allylic oxidation sites excluding steroid dienone is 1. The van der Waals surface area contributed by atoms with Crippen molar-refractivity contribution in [1.29, 1.82) is 0 Å². The normalized spacial score (nSPS) is 29.6. The summed E-state index contributed by atoms with van der Waals surface area (Å²) in [6, 6.07) is 3.96. The van der Waals surface area contributed by atoms with E-state index in [9.17, 15) is 26.7 Å². The summed E-state index contributed by atoms with van der Waals surface area (Å²) in [4.78, 5) is 15.5. The van der Waals surface area contributed by atoms with Crippen LogP contribution in [0.4, 0.5) is 11.4 Å². The third-order valence-electron chi connectivity index (χ3n) is 8.11. The van der Waals surface area contributed by atoms with E-state index in [1.807, 2.05) is 0 Å². The van der Waals surface area contributed by atoms with E-state index in [-0.39, 0.29) is 62.6 Å². The van der Waals surface area contributed by atoms with E-state index in [0.29, 0.717) is 19.4 Å². The fourth-order valence-electron chi connectivity index (χ4n) is 6.03. The second-order valence-corrected chi connectivity index (χ2v) is 15.7. The number of carbonyl (C=O) groups excluding carboxylic acids is 1.